The average molecular weight is 679 g/mol. The zero-order valence-electron chi connectivity index (χ0n) is 26.3. The van der Waals surface area contributed by atoms with Crippen molar-refractivity contribution in [2.75, 3.05) is 4.90 Å². The first-order chi connectivity index (χ1) is 23.7. The third-order valence-corrected chi connectivity index (χ3v) is 9.64. The Kier molecular flexibility index (Phi) is 8.16. The van der Waals surface area contributed by atoms with Crippen molar-refractivity contribution >= 4 is 43.8 Å². The second-order valence-corrected chi connectivity index (χ2v) is 12.8. The quantitative estimate of drug-likeness (QED) is 0.162. The van der Waals surface area contributed by atoms with Gasteiger partial charge in [-0.3, -0.25) is 0 Å². The fourth-order valence-electron chi connectivity index (χ4n) is 6.40. The Hall–Kier alpha value is -5.70. The van der Waals surface area contributed by atoms with Gasteiger partial charge in [-0.1, -0.05) is 162 Å². The van der Waals surface area contributed by atoms with Crippen LogP contribution in [0.25, 0.3) is 55.3 Å². The minimum absolute atomic E-state index is 1.06. The molecule has 0 fully saturated rings. The SMILES string of the molecule is Brc1ccc(N(c2ccc(-c3ccccc3)cc2)c2ccc(-c3ccc4ccccc4c3)cc2)cc1-c1ccc(-c2ccccc2)cc1. The molecule has 48 heavy (non-hydrogen) atoms. The van der Waals surface area contributed by atoms with Gasteiger partial charge in [0.15, 0.2) is 0 Å². The van der Waals surface area contributed by atoms with Crippen LogP contribution in [0.5, 0.6) is 0 Å². The standard InChI is InChI=1S/C46H32BrN/c47-46-30-29-44(32-45(46)39-18-15-36(16-19-39)33-9-3-1-4-10-33)48(42-25-21-37(22-26-42)34-11-5-2-6-12-34)43-27-23-38(24-28-43)41-20-17-35-13-7-8-14-40(35)31-41/h1-32H. The Balaban J connectivity index is 1.19. The number of hydrogen-bond donors (Lipinski definition) is 0. The normalized spacial score (nSPS) is 11.0. The van der Waals surface area contributed by atoms with E-state index < -0.39 is 0 Å². The number of halogens is 1. The van der Waals surface area contributed by atoms with Gasteiger partial charge in [-0.05, 0) is 104 Å². The van der Waals surface area contributed by atoms with Crippen molar-refractivity contribution in [1.29, 1.82) is 0 Å². The number of fused-ring (bicyclic) bond motifs is 1. The lowest BCUT2D eigenvalue weighted by Crippen LogP contribution is -2.10. The number of anilines is 3. The molecule has 2 heteroatoms. The van der Waals surface area contributed by atoms with Crippen LogP contribution in [0, 0.1) is 0 Å². The first kappa shape index (κ1) is 29.7. The molecule has 228 valence electrons. The third-order valence-electron chi connectivity index (χ3n) is 8.95. The summed E-state index contributed by atoms with van der Waals surface area (Å²) in [7, 11) is 0. The van der Waals surface area contributed by atoms with Crippen molar-refractivity contribution in [3.8, 4) is 44.5 Å². The van der Waals surface area contributed by atoms with E-state index in [1.165, 1.54) is 44.2 Å². The molecule has 0 unspecified atom stereocenters. The highest BCUT2D eigenvalue weighted by molar-refractivity contribution is 9.10. The van der Waals surface area contributed by atoms with Gasteiger partial charge >= 0.3 is 0 Å². The van der Waals surface area contributed by atoms with Crippen molar-refractivity contribution in [3.63, 3.8) is 0 Å². The van der Waals surface area contributed by atoms with Gasteiger partial charge in [-0.25, -0.2) is 0 Å². The Bertz CT molecular complexity index is 2310. The van der Waals surface area contributed by atoms with E-state index in [0.717, 1.165) is 32.7 Å². The smallest absolute Gasteiger partial charge is 0.0468 e. The molecule has 8 aromatic carbocycles. The molecule has 0 saturated heterocycles. The van der Waals surface area contributed by atoms with Crippen molar-refractivity contribution < 1.29 is 0 Å². The predicted molar refractivity (Wildman–Crippen MR) is 208 cm³/mol. The maximum Gasteiger partial charge on any atom is 0.0468 e. The van der Waals surface area contributed by atoms with Crippen LogP contribution in [0.15, 0.2) is 199 Å². The summed E-state index contributed by atoms with van der Waals surface area (Å²) in [6, 6.07) is 69.5. The molecule has 0 atom stereocenters. The van der Waals surface area contributed by atoms with Crippen molar-refractivity contribution in [2.24, 2.45) is 0 Å². The van der Waals surface area contributed by atoms with Gasteiger partial charge in [0, 0.05) is 21.5 Å². The van der Waals surface area contributed by atoms with Gasteiger partial charge in [0.05, 0.1) is 0 Å². The Morgan fingerprint density at radius 2 is 0.708 bits per heavy atom. The molecule has 0 aliphatic carbocycles. The van der Waals surface area contributed by atoms with Crippen LogP contribution < -0.4 is 4.90 Å². The summed E-state index contributed by atoms with van der Waals surface area (Å²) in [5.41, 5.74) is 12.8. The van der Waals surface area contributed by atoms with Crippen LogP contribution in [0.4, 0.5) is 17.1 Å². The summed E-state index contributed by atoms with van der Waals surface area (Å²) < 4.78 is 1.06. The zero-order valence-corrected chi connectivity index (χ0v) is 27.9. The zero-order chi connectivity index (χ0) is 32.3. The number of nitrogens with zero attached hydrogens (tertiary/aromatic N) is 1. The summed E-state index contributed by atoms with van der Waals surface area (Å²) in [5.74, 6) is 0. The minimum Gasteiger partial charge on any atom is -0.310 e. The van der Waals surface area contributed by atoms with E-state index in [9.17, 15) is 0 Å². The van der Waals surface area contributed by atoms with Crippen LogP contribution in [-0.4, -0.2) is 0 Å². The van der Waals surface area contributed by atoms with Crippen LogP contribution >= 0.6 is 15.9 Å². The number of benzene rings is 8. The van der Waals surface area contributed by atoms with E-state index in [0.29, 0.717) is 0 Å². The van der Waals surface area contributed by atoms with E-state index in [1.807, 2.05) is 0 Å². The molecule has 0 aliphatic rings. The average Bonchev–Trinajstić information content (AvgIpc) is 3.17. The molecule has 8 rings (SSSR count). The van der Waals surface area contributed by atoms with Gasteiger partial charge in [0.2, 0.25) is 0 Å². The predicted octanol–water partition coefficient (Wildman–Crippen LogP) is 13.7. The van der Waals surface area contributed by atoms with Gasteiger partial charge in [0.1, 0.15) is 0 Å². The summed E-state index contributed by atoms with van der Waals surface area (Å²) >= 11 is 3.86. The molecule has 0 saturated carbocycles. The molecule has 0 heterocycles. The Labute approximate surface area is 290 Å². The van der Waals surface area contributed by atoms with Gasteiger partial charge < -0.3 is 4.90 Å². The summed E-state index contributed by atoms with van der Waals surface area (Å²) in [5, 5.41) is 2.50. The van der Waals surface area contributed by atoms with Crippen molar-refractivity contribution in [2.45, 2.75) is 0 Å². The fourth-order valence-corrected chi connectivity index (χ4v) is 6.87. The summed E-state index contributed by atoms with van der Waals surface area (Å²) in [6.45, 7) is 0. The van der Waals surface area contributed by atoms with E-state index in [2.05, 4.69) is 215 Å². The summed E-state index contributed by atoms with van der Waals surface area (Å²) in [6.07, 6.45) is 0. The highest BCUT2D eigenvalue weighted by Crippen LogP contribution is 2.41. The van der Waals surface area contributed by atoms with E-state index in [1.54, 1.807) is 0 Å². The lowest BCUT2D eigenvalue weighted by atomic mass is 9.99. The first-order valence-corrected chi connectivity index (χ1v) is 17.0. The van der Waals surface area contributed by atoms with E-state index >= 15 is 0 Å². The monoisotopic (exact) mass is 677 g/mol. The van der Waals surface area contributed by atoms with Gasteiger partial charge in [0.25, 0.3) is 0 Å². The largest absolute Gasteiger partial charge is 0.310 e. The van der Waals surface area contributed by atoms with Gasteiger partial charge in [-0.15, -0.1) is 0 Å². The van der Waals surface area contributed by atoms with Crippen LogP contribution in [0.1, 0.15) is 0 Å². The molecule has 0 amide bonds. The van der Waals surface area contributed by atoms with Crippen LogP contribution in [0.2, 0.25) is 0 Å². The van der Waals surface area contributed by atoms with Crippen LogP contribution in [-0.2, 0) is 0 Å². The lowest BCUT2D eigenvalue weighted by Gasteiger charge is -2.27. The van der Waals surface area contributed by atoms with E-state index in [-0.39, 0.29) is 0 Å². The Morgan fingerprint density at radius 1 is 0.292 bits per heavy atom. The number of rotatable bonds is 7. The highest BCUT2D eigenvalue weighted by Gasteiger charge is 2.16. The molecule has 0 spiro atoms. The summed E-state index contributed by atoms with van der Waals surface area (Å²) in [4.78, 5) is 2.34. The molecule has 8 aromatic rings. The molecule has 1 nitrogen and oxygen atoms in total. The number of hydrogen-bond acceptors (Lipinski definition) is 1. The molecule has 0 N–H and O–H groups in total. The lowest BCUT2D eigenvalue weighted by molar-refractivity contribution is 1.28. The highest BCUT2D eigenvalue weighted by atomic mass is 79.9. The van der Waals surface area contributed by atoms with E-state index in [4.69, 9.17) is 0 Å². The van der Waals surface area contributed by atoms with Crippen molar-refractivity contribution in [1.82, 2.24) is 0 Å². The molecule has 0 aromatic heterocycles. The molecular formula is C46H32BrN. The molecule has 0 bridgehead atoms. The maximum atomic E-state index is 3.86. The molecule has 0 radical (unpaired) electrons. The second-order valence-electron chi connectivity index (χ2n) is 12.0. The second kappa shape index (κ2) is 13.2. The van der Waals surface area contributed by atoms with Crippen molar-refractivity contribution in [3.05, 3.63) is 199 Å². The van der Waals surface area contributed by atoms with Gasteiger partial charge in [-0.2, -0.15) is 0 Å². The first-order valence-electron chi connectivity index (χ1n) is 16.2. The Morgan fingerprint density at radius 3 is 1.29 bits per heavy atom. The third kappa shape index (κ3) is 6.07. The van der Waals surface area contributed by atoms with Crippen LogP contribution in [0.3, 0.4) is 0 Å². The molecular weight excluding hydrogens is 646 g/mol. The maximum absolute atomic E-state index is 3.86. The topological polar surface area (TPSA) is 3.24 Å². The minimum atomic E-state index is 1.06. The fraction of sp³-hybridized carbons (Fsp3) is 0. The molecule has 0 aliphatic heterocycles.